The Morgan fingerprint density at radius 1 is 1.23 bits per heavy atom. The van der Waals surface area contributed by atoms with Crippen LogP contribution in [0.4, 0.5) is 0 Å². The largest absolute Gasteiger partial charge is 0.379 e. The molecule has 1 aliphatic heterocycles. The third-order valence-corrected chi connectivity index (χ3v) is 4.32. The molecule has 2 aliphatic rings. The average Bonchev–Trinajstić information content (AvgIpc) is 3.30. The third-order valence-electron chi connectivity index (χ3n) is 4.32. The SMILES string of the molecule is CCNC(=NCC(C(C)C)N1CCOCC1)NCC1CC1.I. The van der Waals surface area contributed by atoms with Crippen LogP contribution in [0, 0.1) is 11.8 Å². The first-order chi connectivity index (χ1) is 10.2. The van der Waals surface area contributed by atoms with Crippen molar-refractivity contribution >= 4 is 29.9 Å². The second-order valence-electron chi connectivity index (χ2n) is 6.50. The van der Waals surface area contributed by atoms with Crippen LogP contribution in [0.15, 0.2) is 4.99 Å². The Kier molecular flexibility index (Phi) is 9.66. The first kappa shape index (κ1) is 20.0. The quantitative estimate of drug-likeness (QED) is 0.373. The monoisotopic (exact) mass is 424 g/mol. The van der Waals surface area contributed by atoms with Gasteiger partial charge in [-0.05, 0) is 31.6 Å². The number of nitrogens with one attached hydrogen (secondary N) is 2. The van der Waals surface area contributed by atoms with Crippen molar-refractivity contribution in [1.29, 1.82) is 0 Å². The van der Waals surface area contributed by atoms with Gasteiger partial charge in [0, 0.05) is 32.2 Å². The van der Waals surface area contributed by atoms with Gasteiger partial charge in [0.15, 0.2) is 5.96 Å². The van der Waals surface area contributed by atoms with E-state index < -0.39 is 0 Å². The predicted molar refractivity (Wildman–Crippen MR) is 103 cm³/mol. The molecular formula is C16H33IN4O. The third kappa shape index (κ3) is 7.00. The molecule has 2 N–H and O–H groups in total. The molecule has 1 saturated heterocycles. The zero-order valence-electron chi connectivity index (χ0n) is 14.3. The van der Waals surface area contributed by atoms with Gasteiger partial charge in [-0.25, -0.2) is 0 Å². The molecule has 1 heterocycles. The number of hydrogen-bond donors (Lipinski definition) is 2. The van der Waals surface area contributed by atoms with Crippen LogP contribution in [0.25, 0.3) is 0 Å². The number of rotatable bonds is 7. The highest BCUT2D eigenvalue weighted by Crippen LogP contribution is 2.27. The number of hydrogen-bond acceptors (Lipinski definition) is 3. The maximum atomic E-state index is 5.46. The van der Waals surface area contributed by atoms with E-state index in [1.807, 2.05) is 0 Å². The number of morpholine rings is 1. The van der Waals surface area contributed by atoms with Gasteiger partial charge in [-0.15, -0.1) is 24.0 Å². The van der Waals surface area contributed by atoms with Gasteiger partial charge < -0.3 is 15.4 Å². The maximum Gasteiger partial charge on any atom is 0.191 e. The molecule has 1 saturated carbocycles. The molecule has 1 unspecified atom stereocenters. The lowest BCUT2D eigenvalue weighted by atomic mass is 10.0. The molecule has 0 spiro atoms. The highest BCUT2D eigenvalue weighted by atomic mass is 127. The van der Waals surface area contributed by atoms with Crippen molar-refractivity contribution in [2.45, 2.75) is 39.7 Å². The van der Waals surface area contributed by atoms with E-state index in [4.69, 9.17) is 9.73 Å². The minimum absolute atomic E-state index is 0. The maximum absolute atomic E-state index is 5.46. The van der Waals surface area contributed by atoms with Crippen LogP contribution >= 0.6 is 24.0 Å². The molecule has 5 nitrogen and oxygen atoms in total. The van der Waals surface area contributed by atoms with Crippen molar-refractivity contribution in [1.82, 2.24) is 15.5 Å². The van der Waals surface area contributed by atoms with Crippen molar-refractivity contribution in [2.24, 2.45) is 16.8 Å². The Bertz CT molecular complexity index is 328. The van der Waals surface area contributed by atoms with Crippen LogP contribution in [-0.2, 0) is 4.74 Å². The summed E-state index contributed by atoms with van der Waals surface area (Å²) in [5, 5.41) is 6.83. The molecule has 130 valence electrons. The summed E-state index contributed by atoms with van der Waals surface area (Å²) < 4.78 is 5.46. The summed E-state index contributed by atoms with van der Waals surface area (Å²) in [4.78, 5) is 7.35. The summed E-state index contributed by atoms with van der Waals surface area (Å²) >= 11 is 0. The number of guanidine groups is 1. The van der Waals surface area contributed by atoms with Crippen LogP contribution in [0.5, 0.6) is 0 Å². The van der Waals surface area contributed by atoms with Crippen LogP contribution in [0.1, 0.15) is 33.6 Å². The standard InChI is InChI=1S/C16H32N4O.HI/c1-4-17-16(18-11-14-5-6-14)19-12-15(13(2)3)20-7-9-21-10-8-20;/h13-15H,4-12H2,1-3H3,(H2,17,18,19);1H. The Hall–Kier alpha value is -0.0800. The summed E-state index contributed by atoms with van der Waals surface area (Å²) in [7, 11) is 0. The van der Waals surface area contributed by atoms with Crippen molar-refractivity contribution < 1.29 is 4.74 Å². The molecule has 1 aliphatic carbocycles. The second-order valence-corrected chi connectivity index (χ2v) is 6.50. The molecule has 0 aromatic carbocycles. The fourth-order valence-corrected chi connectivity index (χ4v) is 2.75. The second kappa shape index (κ2) is 10.6. The zero-order valence-corrected chi connectivity index (χ0v) is 16.6. The Morgan fingerprint density at radius 2 is 1.91 bits per heavy atom. The van der Waals surface area contributed by atoms with Crippen LogP contribution in [0.2, 0.25) is 0 Å². The van der Waals surface area contributed by atoms with Crippen LogP contribution in [-0.4, -0.2) is 62.8 Å². The molecule has 2 rings (SSSR count). The van der Waals surface area contributed by atoms with Gasteiger partial charge in [0.05, 0.1) is 19.8 Å². The predicted octanol–water partition coefficient (Wildman–Crippen LogP) is 1.93. The van der Waals surface area contributed by atoms with Crippen LogP contribution < -0.4 is 10.6 Å². The van der Waals surface area contributed by atoms with Gasteiger partial charge in [-0.2, -0.15) is 0 Å². The van der Waals surface area contributed by atoms with Crippen molar-refractivity contribution in [3.05, 3.63) is 0 Å². The molecule has 0 aromatic rings. The fraction of sp³-hybridized carbons (Fsp3) is 0.938. The highest BCUT2D eigenvalue weighted by molar-refractivity contribution is 14.0. The normalized spacial score (nSPS) is 21.4. The minimum Gasteiger partial charge on any atom is -0.379 e. The van der Waals surface area contributed by atoms with E-state index in [1.165, 1.54) is 12.8 Å². The van der Waals surface area contributed by atoms with E-state index in [1.54, 1.807) is 0 Å². The summed E-state index contributed by atoms with van der Waals surface area (Å²) in [6.45, 7) is 13.3. The lowest BCUT2D eigenvalue weighted by Crippen LogP contribution is -2.48. The molecule has 0 aromatic heterocycles. The first-order valence-corrected chi connectivity index (χ1v) is 8.54. The molecule has 2 fully saturated rings. The van der Waals surface area contributed by atoms with E-state index in [0.29, 0.717) is 12.0 Å². The molecule has 22 heavy (non-hydrogen) atoms. The Balaban J connectivity index is 0.00000242. The first-order valence-electron chi connectivity index (χ1n) is 8.54. The number of nitrogens with zero attached hydrogens (tertiary/aromatic N) is 2. The molecule has 0 radical (unpaired) electrons. The minimum atomic E-state index is 0. The van der Waals surface area contributed by atoms with Crippen molar-refractivity contribution in [3.63, 3.8) is 0 Å². The Labute approximate surface area is 152 Å². The molecule has 1 atom stereocenters. The molecule has 6 heteroatoms. The topological polar surface area (TPSA) is 48.9 Å². The van der Waals surface area contributed by atoms with E-state index in [0.717, 1.165) is 57.8 Å². The number of halogens is 1. The highest BCUT2D eigenvalue weighted by Gasteiger charge is 2.24. The van der Waals surface area contributed by atoms with E-state index in [9.17, 15) is 0 Å². The summed E-state index contributed by atoms with van der Waals surface area (Å²) in [6, 6.07) is 0.505. The van der Waals surface area contributed by atoms with Gasteiger partial charge in [0.25, 0.3) is 0 Å². The zero-order chi connectivity index (χ0) is 15.1. The average molecular weight is 424 g/mol. The number of ether oxygens (including phenoxy) is 1. The Morgan fingerprint density at radius 3 is 2.45 bits per heavy atom. The lowest BCUT2D eigenvalue weighted by Gasteiger charge is -2.36. The molecule has 0 bridgehead atoms. The fourth-order valence-electron chi connectivity index (χ4n) is 2.75. The smallest absolute Gasteiger partial charge is 0.191 e. The van der Waals surface area contributed by atoms with Gasteiger partial charge in [0.2, 0.25) is 0 Å². The van der Waals surface area contributed by atoms with Gasteiger partial charge in [0.1, 0.15) is 0 Å². The molecule has 0 amide bonds. The summed E-state index contributed by atoms with van der Waals surface area (Å²) in [6.07, 6.45) is 2.74. The van der Waals surface area contributed by atoms with E-state index in [-0.39, 0.29) is 24.0 Å². The number of aliphatic imine (C=N–C) groups is 1. The van der Waals surface area contributed by atoms with E-state index in [2.05, 4.69) is 36.3 Å². The van der Waals surface area contributed by atoms with Crippen molar-refractivity contribution in [3.8, 4) is 0 Å². The molecular weight excluding hydrogens is 391 g/mol. The summed E-state index contributed by atoms with van der Waals surface area (Å²) in [5.74, 6) is 2.45. The van der Waals surface area contributed by atoms with Crippen LogP contribution in [0.3, 0.4) is 0 Å². The van der Waals surface area contributed by atoms with Gasteiger partial charge >= 0.3 is 0 Å². The van der Waals surface area contributed by atoms with E-state index >= 15 is 0 Å². The van der Waals surface area contributed by atoms with Gasteiger partial charge in [-0.3, -0.25) is 9.89 Å². The van der Waals surface area contributed by atoms with Crippen molar-refractivity contribution in [2.75, 3.05) is 45.9 Å². The lowest BCUT2D eigenvalue weighted by molar-refractivity contribution is 0.00867. The summed E-state index contributed by atoms with van der Waals surface area (Å²) in [5.41, 5.74) is 0. The van der Waals surface area contributed by atoms with Gasteiger partial charge in [-0.1, -0.05) is 13.8 Å².